The highest BCUT2D eigenvalue weighted by atomic mass is 16.5. The third-order valence-corrected chi connectivity index (χ3v) is 1.91. The van der Waals surface area contributed by atoms with Crippen LogP contribution in [0.15, 0.2) is 15.8 Å². The van der Waals surface area contributed by atoms with Gasteiger partial charge in [0.2, 0.25) is 6.23 Å². The van der Waals surface area contributed by atoms with Crippen LogP contribution in [0.5, 0.6) is 0 Å². The lowest BCUT2D eigenvalue weighted by Gasteiger charge is -2.14. The number of aromatic nitrogens is 2. The fraction of sp³-hybridized carbons (Fsp3) is 0.400. The highest BCUT2D eigenvalue weighted by Gasteiger charge is 2.10. The van der Waals surface area contributed by atoms with E-state index in [0.29, 0.717) is 5.56 Å². The summed E-state index contributed by atoms with van der Waals surface area (Å²) in [4.78, 5) is 24.7. The molecular formula is C10H12N2O4. The number of H-pyrrole nitrogens is 1. The number of rotatable bonds is 4. The molecule has 2 N–H and O–H groups in total. The Morgan fingerprint density at radius 3 is 2.94 bits per heavy atom. The summed E-state index contributed by atoms with van der Waals surface area (Å²) in [6.45, 7) is 1.36. The predicted octanol–water partition coefficient (Wildman–Crippen LogP) is -1.01. The molecule has 16 heavy (non-hydrogen) atoms. The molecule has 1 aromatic rings. The van der Waals surface area contributed by atoms with E-state index >= 15 is 0 Å². The quantitative estimate of drug-likeness (QED) is 0.641. The number of aryl methyl sites for hydroxylation is 1. The second-order valence-electron chi connectivity index (χ2n) is 3.09. The molecule has 86 valence electrons. The molecule has 1 heterocycles. The van der Waals surface area contributed by atoms with Gasteiger partial charge in [-0.25, -0.2) is 4.79 Å². The van der Waals surface area contributed by atoms with Crippen LogP contribution in [-0.2, 0) is 4.74 Å². The van der Waals surface area contributed by atoms with Crippen molar-refractivity contribution in [2.75, 3.05) is 13.2 Å². The van der Waals surface area contributed by atoms with Crippen molar-refractivity contribution >= 4 is 0 Å². The first-order valence-electron chi connectivity index (χ1n) is 4.60. The van der Waals surface area contributed by atoms with Gasteiger partial charge in [-0.15, -0.1) is 6.42 Å². The normalized spacial score (nSPS) is 12.1. The van der Waals surface area contributed by atoms with Gasteiger partial charge in [-0.1, -0.05) is 5.92 Å². The van der Waals surface area contributed by atoms with E-state index in [-0.39, 0.29) is 13.2 Å². The van der Waals surface area contributed by atoms with E-state index in [9.17, 15) is 9.59 Å². The molecule has 1 rings (SSSR count). The van der Waals surface area contributed by atoms with Gasteiger partial charge in [0, 0.05) is 11.8 Å². The second kappa shape index (κ2) is 5.30. The van der Waals surface area contributed by atoms with Gasteiger partial charge in [-0.2, -0.15) is 0 Å². The average Bonchev–Trinajstić information content (AvgIpc) is 2.26. The van der Waals surface area contributed by atoms with Crippen molar-refractivity contribution in [2.45, 2.75) is 13.2 Å². The molecule has 0 aromatic carbocycles. The number of nitrogens with zero attached hydrogens (tertiary/aromatic N) is 1. The maximum absolute atomic E-state index is 11.4. The number of hydrogen-bond acceptors (Lipinski definition) is 4. The van der Waals surface area contributed by atoms with Crippen molar-refractivity contribution in [1.29, 1.82) is 0 Å². The molecule has 6 nitrogen and oxygen atoms in total. The lowest BCUT2D eigenvalue weighted by molar-refractivity contribution is 0.0186. The minimum absolute atomic E-state index is 0.0134. The smallest absolute Gasteiger partial charge is 0.331 e. The highest BCUT2D eigenvalue weighted by Crippen LogP contribution is 2.02. The van der Waals surface area contributed by atoms with Gasteiger partial charge in [-0.05, 0) is 6.92 Å². The first-order chi connectivity index (χ1) is 7.60. The molecule has 0 radical (unpaired) electrons. The van der Waals surface area contributed by atoms with Crippen LogP contribution in [0.4, 0.5) is 0 Å². The molecule has 6 heteroatoms. The van der Waals surface area contributed by atoms with E-state index in [1.54, 1.807) is 6.92 Å². The molecule has 0 saturated carbocycles. The van der Waals surface area contributed by atoms with E-state index in [2.05, 4.69) is 10.9 Å². The maximum atomic E-state index is 11.4. The molecule has 1 unspecified atom stereocenters. The third-order valence-electron chi connectivity index (χ3n) is 1.91. The zero-order chi connectivity index (χ0) is 12.1. The van der Waals surface area contributed by atoms with Crippen LogP contribution in [0.25, 0.3) is 0 Å². The standard InChI is InChI=1S/C10H12N2O4/c1-3-8(16-5-4-13)12-6-7(2)9(14)11-10(12)15/h1,6,8,13H,4-5H2,2H3,(H,11,14,15). The van der Waals surface area contributed by atoms with Crippen LogP contribution in [0.3, 0.4) is 0 Å². The topological polar surface area (TPSA) is 84.3 Å². The molecule has 0 aliphatic carbocycles. The molecular weight excluding hydrogens is 212 g/mol. The molecule has 0 spiro atoms. The van der Waals surface area contributed by atoms with Crippen molar-refractivity contribution in [1.82, 2.24) is 9.55 Å². The molecule has 0 aliphatic heterocycles. The van der Waals surface area contributed by atoms with Crippen molar-refractivity contribution in [3.05, 3.63) is 32.6 Å². The lowest BCUT2D eigenvalue weighted by Crippen LogP contribution is -2.34. The van der Waals surface area contributed by atoms with Gasteiger partial charge in [0.1, 0.15) is 0 Å². The van der Waals surface area contributed by atoms with E-state index in [0.717, 1.165) is 4.57 Å². The summed E-state index contributed by atoms with van der Waals surface area (Å²) in [5.41, 5.74) is -0.747. The van der Waals surface area contributed by atoms with Gasteiger partial charge in [0.25, 0.3) is 5.56 Å². The highest BCUT2D eigenvalue weighted by molar-refractivity contribution is 5.04. The Hall–Kier alpha value is -1.84. The molecule has 0 fully saturated rings. The molecule has 1 aromatic heterocycles. The monoisotopic (exact) mass is 224 g/mol. The zero-order valence-electron chi connectivity index (χ0n) is 8.77. The molecule has 0 bridgehead atoms. The minimum Gasteiger partial charge on any atom is -0.394 e. The molecule has 0 amide bonds. The number of aliphatic hydroxyl groups is 1. The number of aromatic amines is 1. The summed E-state index contributed by atoms with van der Waals surface area (Å²) in [6.07, 6.45) is 5.58. The fourth-order valence-electron chi connectivity index (χ4n) is 1.13. The van der Waals surface area contributed by atoms with Crippen LogP contribution >= 0.6 is 0 Å². The summed E-state index contributed by atoms with van der Waals surface area (Å²) in [5, 5.41) is 8.59. The van der Waals surface area contributed by atoms with E-state index in [1.165, 1.54) is 6.20 Å². The van der Waals surface area contributed by atoms with Crippen molar-refractivity contribution in [3.8, 4) is 12.3 Å². The Balaban J connectivity index is 3.12. The van der Waals surface area contributed by atoms with E-state index in [1.807, 2.05) is 0 Å². The number of terminal acetylenes is 1. The van der Waals surface area contributed by atoms with Crippen molar-refractivity contribution in [2.24, 2.45) is 0 Å². The molecule has 0 aliphatic rings. The zero-order valence-corrected chi connectivity index (χ0v) is 8.77. The van der Waals surface area contributed by atoms with Crippen LogP contribution < -0.4 is 11.2 Å². The van der Waals surface area contributed by atoms with Gasteiger partial charge in [-0.3, -0.25) is 14.3 Å². The van der Waals surface area contributed by atoms with E-state index in [4.69, 9.17) is 16.3 Å². The summed E-state index contributed by atoms with van der Waals surface area (Å²) in [6, 6.07) is 0. The Bertz CT molecular complexity index is 509. The summed E-state index contributed by atoms with van der Waals surface area (Å²) in [5.74, 6) is 2.25. The number of ether oxygens (including phenoxy) is 1. The SMILES string of the molecule is C#CC(OCCO)n1cc(C)c(=O)[nH]c1=O. The van der Waals surface area contributed by atoms with Crippen LogP contribution in [0.2, 0.25) is 0 Å². The number of aliphatic hydroxyl groups excluding tert-OH is 1. The third kappa shape index (κ3) is 2.59. The van der Waals surface area contributed by atoms with Gasteiger partial charge in [0.15, 0.2) is 0 Å². The first kappa shape index (κ1) is 12.2. The Morgan fingerprint density at radius 1 is 1.69 bits per heavy atom. The van der Waals surface area contributed by atoms with Gasteiger partial charge < -0.3 is 9.84 Å². The Morgan fingerprint density at radius 2 is 2.38 bits per heavy atom. The number of hydrogen-bond donors (Lipinski definition) is 2. The summed E-state index contributed by atoms with van der Waals surface area (Å²) >= 11 is 0. The van der Waals surface area contributed by atoms with Gasteiger partial charge in [0.05, 0.1) is 13.2 Å². The fourth-order valence-corrected chi connectivity index (χ4v) is 1.13. The molecule has 0 saturated heterocycles. The Kier molecular flexibility index (Phi) is 4.05. The van der Waals surface area contributed by atoms with Crippen molar-refractivity contribution in [3.63, 3.8) is 0 Å². The number of nitrogens with one attached hydrogen (secondary N) is 1. The second-order valence-corrected chi connectivity index (χ2v) is 3.09. The summed E-state index contributed by atoms with van der Waals surface area (Å²) in [7, 11) is 0. The Labute approximate surface area is 91.5 Å². The first-order valence-corrected chi connectivity index (χ1v) is 4.60. The lowest BCUT2D eigenvalue weighted by atomic mass is 10.4. The van der Waals surface area contributed by atoms with Crippen LogP contribution in [-0.4, -0.2) is 27.9 Å². The maximum Gasteiger partial charge on any atom is 0.331 e. The van der Waals surface area contributed by atoms with E-state index < -0.39 is 17.5 Å². The predicted molar refractivity (Wildman–Crippen MR) is 57.0 cm³/mol. The summed E-state index contributed by atoms with van der Waals surface area (Å²) < 4.78 is 6.15. The van der Waals surface area contributed by atoms with Crippen molar-refractivity contribution < 1.29 is 9.84 Å². The van der Waals surface area contributed by atoms with Crippen LogP contribution in [0, 0.1) is 19.3 Å². The van der Waals surface area contributed by atoms with Gasteiger partial charge >= 0.3 is 5.69 Å². The minimum atomic E-state index is -0.935. The molecule has 1 atom stereocenters. The average molecular weight is 224 g/mol. The van der Waals surface area contributed by atoms with Crippen LogP contribution in [0.1, 0.15) is 11.8 Å². The largest absolute Gasteiger partial charge is 0.394 e.